The van der Waals surface area contributed by atoms with Crippen molar-refractivity contribution in [1.82, 2.24) is 0 Å². The number of hydrogen-bond donors (Lipinski definition) is 1. The lowest BCUT2D eigenvalue weighted by atomic mass is 10.1. The summed E-state index contributed by atoms with van der Waals surface area (Å²) in [5.74, 6) is -1.88. The number of anilines is 1. The fraction of sp³-hybridized carbons (Fsp3) is 0.267. The van der Waals surface area contributed by atoms with Crippen LogP contribution in [0.3, 0.4) is 0 Å². The van der Waals surface area contributed by atoms with Gasteiger partial charge in [-0.25, -0.2) is 14.4 Å². The smallest absolute Gasteiger partial charge is 0.354 e. The summed E-state index contributed by atoms with van der Waals surface area (Å²) in [5.41, 5.74) is 1.51. The molecule has 7 heteroatoms. The zero-order valence-corrected chi connectivity index (χ0v) is 12.8. The molecule has 0 aliphatic rings. The van der Waals surface area contributed by atoms with E-state index in [0.29, 0.717) is 16.8 Å². The van der Waals surface area contributed by atoms with Gasteiger partial charge in [0, 0.05) is 5.69 Å². The molecule has 118 valence electrons. The molecule has 0 fully saturated rings. The first-order valence-electron chi connectivity index (χ1n) is 6.26. The molecule has 0 spiro atoms. The second-order valence-electron chi connectivity index (χ2n) is 4.22. The van der Waals surface area contributed by atoms with E-state index in [9.17, 15) is 14.4 Å². The molecule has 7 nitrogen and oxygen atoms in total. The van der Waals surface area contributed by atoms with Crippen LogP contribution in [0.2, 0.25) is 0 Å². The SMILES string of the molecule is COC(=O)/C=C(/Nc1ccc(C(=O)OC)cc1C)C(=O)OC. The van der Waals surface area contributed by atoms with E-state index in [2.05, 4.69) is 19.5 Å². The van der Waals surface area contributed by atoms with E-state index >= 15 is 0 Å². The highest BCUT2D eigenvalue weighted by molar-refractivity contribution is 5.99. The second-order valence-corrected chi connectivity index (χ2v) is 4.22. The minimum atomic E-state index is -0.721. The Kier molecular flexibility index (Phi) is 6.12. The first kappa shape index (κ1) is 17.2. The van der Waals surface area contributed by atoms with E-state index in [1.807, 2.05) is 0 Å². The van der Waals surface area contributed by atoms with Crippen LogP contribution in [-0.4, -0.2) is 39.2 Å². The molecule has 0 saturated carbocycles. The maximum Gasteiger partial charge on any atom is 0.354 e. The number of nitrogens with one attached hydrogen (secondary N) is 1. The summed E-state index contributed by atoms with van der Waals surface area (Å²) < 4.78 is 13.7. The van der Waals surface area contributed by atoms with Gasteiger partial charge in [0.15, 0.2) is 0 Å². The molecule has 0 saturated heterocycles. The molecule has 0 heterocycles. The summed E-state index contributed by atoms with van der Waals surface area (Å²) in [6.07, 6.45) is 0.986. The third kappa shape index (κ3) is 4.34. The Hall–Kier alpha value is -2.83. The highest BCUT2D eigenvalue weighted by Gasteiger charge is 2.15. The van der Waals surface area contributed by atoms with E-state index in [1.165, 1.54) is 27.4 Å². The van der Waals surface area contributed by atoms with Crippen molar-refractivity contribution in [1.29, 1.82) is 0 Å². The van der Waals surface area contributed by atoms with Gasteiger partial charge < -0.3 is 19.5 Å². The molecule has 22 heavy (non-hydrogen) atoms. The largest absolute Gasteiger partial charge is 0.466 e. The minimum absolute atomic E-state index is 0.0803. The van der Waals surface area contributed by atoms with Crippen molar-refractivity contribution >= 4 is 23.6 Å². The van der Waals surface area contributed by atoms with E-state index in [4.69, 9.17) is 0 Å². The van der Waals surface area contributed by atoms with Crippen LogP contribution >= 0.6 is 0 Å². The average Bonchev–Trinajstić information content (AvgIpc) is 2.53. The quantitative estimate of drug-likeness (QED) is 0.500. The zero-order valence-electron chi connectivity index (χ0n) is 12.8. The summed E-state index contributed by atoms with van der Waals surface area (Å²) in [4.78, 5) is 34.4. The monoisotopic (exact) mass is 307 g/mol. The summed E-state index contributed by atoms with van der Waals surface area (Å²) in [6.45, 7) is 1.74. The van der Waals surface area contributed by atoms with Crippen LogP contribution in [-0.2, 0) is 23.8 Å². The van der Waals surface area contributed by atoms with Gasteiger partial charge in [-0.15, -0.1) is 0 Å². The van der Waals surface area contributed by atoms with Crippen molar-refractivity contribution in [2.75, 3.05) is 26.6 Å². The summed E-state index contributed by atoms with van der Waals surface area (Å²) in [5, 5.41) is 2.78. The van der Waals surface area contributed by atoms with Crippen molar-refractivity contribution in [2.24, 2.45) is 0 Å². The van der Waals surface area contributed by atoms with Crippen molar-refractivity contribution in [2.45, 2.75) is 6.92 Å². The summed E-state index contributed by atoms with van der Waals surface area (Å²) >= 11 is 0. The number of rotatable bonds is 5. The fourth-order valence-corrected chi connectivity index (χ4v) is 1.63. The van der Waals surface area contributed by atoms with E-state index in [0.717, 1.165) is 6.08 Å². The Morgan fingerprint density at radius 1 is 1.05 bits per heavy atom. The van der Waals surface area contributed by atoms with Crippen LogP contribution in [0.1, 0.15) is 15.9 Å². The van der Waals surface area contributed by atoms with Gasteiger partial charge in [0.25, 0.3) is 0 Å². The number of carbonyl (C=O) groups excluding carboxylic acids is 3. The van der Waals surface area contributed by atoms with Crippen LogP contribution in [0.15, 0.2) is 30.0 Å². The third-order valence-electron chi connectivity index (χ3n) is 2.79. The number of aryl methyl sites for hydroxylation is 1. The lowest BCUT2D eigenvalue weighted by Gasteiger charge is -2.12. The van der Waals surface area contributed by atoms with E-state index < -0.39 is 17.9 Å². The molecule has 0 amide bonds. The number of carbonyl (C=O) groups is 3. The van der Waals surface area contributed by atoms with Gasteiger partial charge in [-0.05, 0) is 30.7 Å². The van der Waals surface area contributed by atoms with Crippen LogP contribution in [0.5, 0.6) is 0 Å². The Morgan fingerprint density at radius 2 is 1.73 bits per heavy atom. The Labute approximate surface area is 127 Å². The Balaban J connectivity index is 3.09. The molecular weight excluding hydrogens is 290 g/mol. The zero-order chi connectivity index (χ0) is 16.7. The van der Waals surface area contributed by atoms with Crippen LogP contribution < -0.4 is 5.32 Å². The maximum atomic E-state index is 11.7. The van der Waals surface area contributed by atoms with Crippen molar-refractivity contribution in [3.63, 3.8) is 0 Å². The Bertz CT molecular complexity index is 620. The molecule has 0 unspecified atom stereocenters. The topological polar surface area (TPSA) is 90.9 Å². The molecule has 0 aliphatic carbocycles. The van der Waals surface area contributed by atoms with Gasteiger partial charge in [0.2, 0.25) is 0 Å². The standard InChI is InChI=1S/C15H17NO6/c1-9-7-10(14(18)21-3)5-6-11(9)16-12(15(19)22-4)8-13(17)20-2/h5-8,16H,1-4H3/b12-8+. The van der Waals surface area contributed by atoms with Gasteiger partial charge >= 0.3 is 17.9 Å². The van der Waals surface area contributed by atoms with Crippen LogP contribution in [0.4, 0.5) is 5.69 Å². The number of benzene rings is 1. The predicted octanol–water partition coefficient (Wildman–Crippen LogP) is 1.42. The minimum Gasteiger partial charge on any atom is -0.466 e. The van der Waals surface area contributed by atoms with E-state index in [-0.39, 0.29) is 5.70 Å². The highest BCUT2D eigenvalue weighted by atomic mass is 16.5. The molecule has 1 N–H and O–H groups in total. The highest BCUT2D eigenvalue weighted by Crippen LogP contribution is 2.19. The number of esters is 3. The maximum absolute atomic E-state index is 11.7. The number of hydrogen-bond acceptors (Lipinski definition) is 7. The molecule has 0 radical (unpaired) electrons. The van der Waals surface area contributed by atoms with Crippen molar-refractivity contribution in [3.8, 4) is 0 Å². The predicted molar refractivity (Wildman–Crippen MR) is 78.3 cm³/mol. The van der Waals surface area contributed by atoms with Crippen molar-refractivity contribution < 1.29 is 28.6 Å². The molecule has 1 aromatic rings. The van der Waals surface area contributed by atoms with Gasteiger partial charge in [-0.1, -0.05) is 0 Å². The lowest BCUT2D eigenvalue weighted by molar-refractivity contribution is -0.138. The number of methoxy groups -OCH3 is 3. The molecule has 0 aromatic heterocycles. The summed E-state index contributed by atoms with van der Waals surface area (Å²) in [7, 11) is 3.69. The molecule has 0 atom stereocenters. The van der Waals surface area contributed by atoms with Gasteiger partial charge in [0.1, 0.15) is 5.70 Å². The molecule has 0 aliphatic heterocycles. The van der Waals surface area contributed by atoms with Crippen LogP contribution in [0, 0.1) is 6.92 Å². The van der Waals surface area contributed by atoms with Crippen LogP contribution in [0.25, 0.3) is 0 Å². The van der Waals surface area contributed by atoms with Gasteiger partial charge in [-0.3, -0.25) is 0 Å². The molecule has 1 aromatic carbocycles. The average molecular weight is 307 g/mol. The summed E-state index contributed by atoms with van der Waals surface area (Å²) in [6, 6.07) is 4.73. The molecular formula is C15H17NO6. The first-order valence-corrected chi connectivity index (χ1v) is 6.26. The number of ether oxygens (including phenoxy) is 3. The first-order chi connectivity index (χ1) is 10.4. The van der Waals surface area contributed by atoms with Gasteiger partial charge in [-0.2, -0.15) is 0 Å². The van der Waals surface area contributed by atoms with E-state index in [1.54, 1.807) is 19.1 Å². The molecule has 0 bridgehead atoms. The lowest BCUT2D eigenvalue weighted by Crippen LogP contribution is -2.16. The van der Waals surface area contributed by atoms with Gasteiger partial charge in [0.05, 0.1) is 33.0 Å². The fourth-order valence-electron chi connectivity index (χ4n) is 1.63. The molecule has 1 rings (SSSR count). The Morgan fingerprint density at radius 3 is 2.23 bits per heavy atom. The third-order valence-corrected chi connectivity index (χ3v) is 2.79. The second kappa shape index (κ2) is 7.82. The normalized spacial score (nSPS) is 10.6. The van der Waals surface area contributed by atoms with Crippen molar-refractivity contribution in [3.05, 3.63) is 41.1 Å².